The van der Waals surface area contributed by atoms with E-state index in [2.05, 4.69) is 39.6 Å². The van der Waals surface area contributed by atoms with Crippen molar-refractivity contribution in [3.05, 3.63) is 101 Å². The molecule has 10 heteroatoms. The highest BCUT2D eigenvalue weighted by molar-refractivity contribution is 6.51. The van der Waals surface area contributed by atoms with Gasteiger partial charge in [-0.15, -0.1) is 10.2 Å². The van der Waals surface area contributed by atoms with Crippen molar-refractivity contribution in [2.75, 3.05) is 4.90 Å². The summed E-state index contributed by atoms with van der Waals surface area (Å²) in [4.78, 5) is 27.9. The molecule has 1 fully saturated rings. The first kappa shape index (κ1) is 24.0. The molecule has 4 aromatic rings. The summed E-state index contributed by atoms with van der Waals surface area (Å²) in [7, 11) is 0. The van der Waals surface area contributed by atoms with Gasteiger partial charge in [0.2, 0.25) is 0 Å². The predicted molar refractivity (Wildman–Crippen MR) is 135 cm³/mol. The van der Waals surface area contributed by atoms with Crippen molar-refractivity contribution in [1.29, 1.82) is 0 Å². The molecule has 37 heavy (non-hydrogen) atoms. The van der Waals surface area contributed by atoms with E-state index in [0.29, 0.717) is 29.3 Å². The van der Waals surface area contributed by atoms with E-state index in [1.54, 1.807) is 35.9 Å². The van der Waals surface area contributed by atoms with E-state index < -0.39 is 17.7 Å². The number of amides is 1. The molecule has 0 saturated carbocycles. The molecule has 0 bridgehead atoms. The number of hydrogen-bond donors (Lipinski definition) is 1. The van der Waals surface area contributed by atoms with Crippen molar-refractivity contribution < 1.29 is 14.7 Å². The van der Waals surface area contributed by atoms with Crippen LogP contribution in [0.25, 0.3) is 5.76 Å². The van der Waals surface area contributed by atoms with Gasteiger partial charge in [0.15, 0.2) is 5.82 Å². The zero-order valence-electron chi connectivity index (χ0n) is 20.6. The average molecular weight is 496 g/mol. The normalized spacial score (nSPS) is 17.1. The largest absolute Gasteiger partial charge is 0.507 e. The second-order valence-corrected chi connectivity index (χ2v) is 9.23. The number of hydrogen-bond acceptors (Lipinski definition) is 8. The fourth-order valence-electron chi connectivity index (χ4n) is 4.33. The van der Waals surface area contributed by atoms with Gasteiger partial charge in [0.1, 0.15) is 12.1 Å². The minimum atomic E-state index is -0.885. The van der Waals surface area contributed by atoms with Gasteiger partial charge in [-0.05, 0) is 52.1 Å². The Morgan fingerprint density at radius 2 is 1.70 bits per heavy atom. The topological polar surface area (TPSA) is 127 Å². The van der Waals surface area contributed by atoms with Crippen LogP contribution < -0.4 is 4.90 Å². The van der Waals surface area contributed by atoms with E-state index >= 15 is 0 Å². The summed E-state index contributed by atoms with van der Waals surface area (Å²) in [5.41, 5.74) is 3.79. The van der Waals surface area contributed by atoms with Crippen molar-refractivity contribution in [2.45, 2.75) is 39.3 Å². The van der Waals surface area contributed by atoms with Crippen LogP contribution in [0.3, 0.4) is 0 Å². The van der Waals surface area contributed by atoms with Crippen molar-refractivity contribution in [3.8, 4) is 0 Å². The van der Waals surface area contributed by atoms with Gasteiger partial charge in [-0.3, -0.25) is 14.5 Å². The minimum Gasteiger partial charge on any atom is -0.507 e. The summed E-state index contributed by atoms with van der Waals surface area (Å²) < 4.78 is 1.59. The number of ketones is 1. The highest BCUT2D eigenvalue weighted by Gasteiger charge is 2.47. The lowest BCUT2D eigenvalue weighted by Gasteiger charge is -2.24. The number of aromatic nitrogens is 6. The molecule has 3 heterocycles. The van der Waals surface area contributed by atoms with Gasteiger partial charge in [-0.1, -0.05) is 62.4 Å². The number of aliphatic hydroxyl groups excluding tert-OH is 1. The summed E-state index contributed by atoms with van der Waals surface area (Å²) >= 11 is 0. The van der Waals surface area contributed by atoms with Crippen LogP contribution in [0.15, 0.2) is 72.6 Å². The van der Waals surface area contributed by atoms with Crippen LogP contribution in [-0.2, 0) is 16.1 Å². The summed E-state index contributed by atoms with van der Waals surface area (Å²) in [6.45, 7) is 6.39. The predicted octanol–water partition coefficient (Wildman–Crippen LogP) is 3.57. The van der Waals surface area contributed by atoms with Gasteiger partial charge in [0.05, 0.1) is 23.9 Å². The highest BCUT2D eigenvalue weighted by atomic mass is 16.3. The molecule has 1 atom stereocenters. The number of benzene rings is 2. The van der Waals surface area contributed by atoms with Gasteiger partial charge >= 0.3 is 5.91 Å². The number of carbonyl (C=O) groups is 2. The average Bonchev–Trinajstić information content (AvgIpc) is 3.51. The molecule has 1 aliphatic rings. The van der Waals surface area contributed by atoms with Crippen LogP contribution in [0.1, 0.15) is 53.8 Å². The first-order valence-corrected chi connectivity index (χ1v) is 11.8. The Morgan fingerprint density at radius 1 is 0.973 bits per heavy atom. The first-order valence-electron chi connectivity index (χ1n) is 11.8. The second kappa shape index (κ2) is 9.73. The van der Waals surface area contributed by atoms with Crippen LogP contribution in [0.5, 0.6) is 0 Å². The Bertz CT molecular complexity index is 1460. The first-order chi connectivity index (χ1) is 17.8. The molecule has 2 aromatic carbocycles. The lowest BCUT2D eigenvalue weighted by molar-refractivity contribution is -0.132. The van der Waals surface area contributed by atoms with Crippen molar-refractivity contribution in [2.24, 2.45) is 0 Å². The fraction of sp³-hybridized carbons (Fsp3) is 0.222. The molecule has 10 nitrogen and oxygen atoms in total. The van der Waals surface area contributed by atoms with E-state index in [1.807, 2.05) is 36.4 Å². The highest BCUT2D eigenvalue weighted by Crippen LogP contribution is 2.41. The minimum absolute atomic E-state index is 0.00195. The van der Waals surface area contributed by atoms with Gasteiger partial charge in [0, 0.05) is 5.56 Å². The van der Waals surface area contributed by atoms with Crippen molar-refractivity contribution >= 4 is 23.3 Å². The Labute approximate surface area is 213 Å². The SMILES string of the molecule is Cc1ccc(N2C(=O)C(=O)C(=C(O)c3ccc(C(C)C)cc3)C2c2ccc(Cn3cnnn3)cc2)nn1. The number of nitrogens with zero attached hydrogens (tertiary/aromatic N) is 7. The van der Waals surface area contributed by atoms with Crippen LogP contribution in [0.4, 0.5) is 5.82 Å². The van der Waals surface area contributed by atoms with Crippen LogP contribution >= 0.6 is 0 Å². The van der Waals surface area contributed by atoms with Gasteiger partial charge < -0.3 is 5.11 Å². The standard InChI is InChI=1S/C27H25N7O3/c1-16(2)19-9-11-21(12-10-19)25(35)23-24(20-7-5-18(6-8-20)14-33-15-28-31-32-33)34(27(37)26(23)36)22-13-4-17(3)29-30-22/h4-13,15-16,24,35H,14H2,1-3H3. The maximum absolute atomic E-state index is 13.3. The molecule has 0 radical (unpaired) electrons. The molecule has 1 unspecified atom stereocenters. The number of aliphatic hydroxyl groups is 1. The van der Waals surface area contributed by atoms with Gasteiger partial charge in [0.25, 0.3) is 5.78 Å². The summed E-state index contributed by atoms with van der Waals surface area (Å²) in [5.74, 6) is -1.26. The molecule has 0 aliphatic carbocycles. The summed E-state index contributed by atoms with van der Waals surface area (Å²) in [6.07, 6.45) is 1.52. The third-order valence-electron chi connectivity index (χ3n) is 6.36. The molecule has 5 rings (SSSR count). The number of Topliss-reactive ketones (excluding diaryl/α,β-unsaturated/α-hetero) is 1. The zero-order chi connectivity index (χ0) is 26.1. The molecular weight excluding hydrogens is 470 g/mol. The van der Waals surface area contributed by atoms with Gasteiger partial charge in [-0.25, -0.2) is 4.68 Å². The summed E-state index contributed by atoms with van der Waals surface area (Å²) in [6, 6.07) is 17.2. The molecule has 2 aromatic heterocycles. The van der Waals surface area contributed by atoms with E-state index in [9.17, 15) is 14.7 Å². The Hall–Kier alpha value is -4.73. The Kier molecular flexibility index (Phi) is 6.31. The third kappa shape index (κ3) is 4.61. The number of aryl methyl sites for hydroxylation is 1. The Morgan fingerprint density at radius 3 is 2.30 bits per heavy atom. The van der Waals surface area contributed by atoms with Crippen LogP contribution in [0.2, 0.25) is 0 Å². The molecule has 0 spiro atoms. The molecule has 186 valence electrons. The lowest BCUT2D eigenvalue weighted by atomic mass is 9.93. The molecule has 1 N–H and O–H groups in total. The number of carbonyl (C=O) groups excluding carboxylic acids is 2. The fourth-order valence-corrected chi connectivity index (χ4v) is 4.33. The van der Waals surface area contributed by atoms with E-state index in [4.69, 9.17) is 0 Å². The third-order valence-corrected chi connectivity index (χ3v) is 6.36. The van der Waals surface area contributed by atoms with E-state index in [-0.39, 0.29) is 17.2 Å². The van der Waals surface area contributed by atoms with E-state index in [1.165, 1.54) is 11.2 Å². The molecule has 1 saturated heterocycles. The number of tetrazole rings is 1. The molecule has 1 aliphatic heterocycles. The quantitative estimate of drug-likeness (QED) is 0.244. The Balaban J connectivity index is 1.61. The van der Waals surface area contributed by atoms with Crippen molar-refractivity contribution in [1.82, 2.24) is 30.4 Å². The zero-order valence-corrected chi connectivity index (χ0v) is 20.6. The number of rotatable bonds is 6. The maximum Gasteiger partial charge on any atom is 0.301 e. The van der Waals surface area contributed by atoms with Crippen LogP contribution in [-0.4, -0.2) is 47.2 Å². The maximum atomic E-state index is 13.3. The second-order valence-electron chi connectivity index (χ2n) is 9.23. The van der Waals surface area contributed by atoms with Gasteiger partial charge in [-0.2, -0.15) is 5.10 Å². The monoisotopic (exact) mass is 495 g/mol. The van der Waals surface area contributed by atoms with Crippen LogP contribution in [0, 0.1) is 6.92 Å². The summed E-state index contributed by atoms with van der Waals surface area (Å²) in [5, 5.41) is 30.7. The molecule has 1 amide bonds. The molecular formula is C27H25N7O3. The lowest BCUT2D eigenvalue weighted by Crippen LogP contribution is -2.30. The van der Waals surface area contributed by atoms with E-state index in [0.717, 1.165) is 11.1 Å². The van der Waals surface area contributed by atoms with Crippen molar-refractivity contribution in [3.63, 3.8) is 0 Å². The smallest absolute Gasteiger partial charge is 0.301 e. The number of anilines is 1.